The van der Waals surface area contributed by atoms with Crippen molar-refractivity contribution in [3.8, 4) is 5.75 Å². The van der Waals surface area contributed by atoms with E-state index < -0.39 is 26.1 Å². The predicted molar refractivity (Wildman–Crippen MR) is 204 cm³/mol. The maximum atomic E-state index is 13.5. The van der Waals surface area contributed by atoms with Gasteiger partial charge in [0.2, 0.25) is 5.91 Å². The molecule has 13 nitrogen and oxygen atoms in total. The highest BCUT2D eigenvalue weighted by Crippen LogP contribution is 2.34. The van der Waals surface area contributed by atoms with Crippen LogP contribution in [0.15, 0.2) is 107 Å². The number of aryl methyl sites for hydroxylation is 2. The van der Waals surface area contributed by atoms with Crippen molar-refractivity contribution in [3.63, 3.8) is 0 Å². The number of carbonyl (C=O) groups excluding carboxylic acids is 1. The average molecular weight is 788 g/mol. The summed E-state index contributed by atoms with van der Waals surface area (Å²) in [5.41, 5.74) is 3.59. The molecule has 0 aliphatic rings. The van der Waals surface area contributed by atoms with E-state index in [9.17, 15) is 26.0 Å². The molecule has 0 spiro atoms. The van der Waals surface area contributed by atoms with Gasteiger partial charge in [0.15, 0.2) is 0 Å². The first-order valence-corrected chi connectivity index (χ1v) is 19.0. The number of rotatable bonds is 10. The highest BCUT2D eigenvalue weighted by Gasteiger charge is 2.14. The van der Waals surface area contributed by atoms with Gasteiger partial charge in [0, 0.05) is 29.8 Å². The Balaban J connectivity index is 0.000000278. The summed E-state index contributed by atoms with van der Waals surface area (Å²) in [6, 6.07) is 19.8. The van der Waals surface area contributed by atoms with E-state index in [1.807, 2.05) is 39.8 Å². The summed E-state index contributed by atoms with van der Waals surface area (Å²) in [6.07, 6.45) is 4.65. The van der Waals surface area contributed by atoms with Gasteiger partial charge in [-0.3, -0.25) is 13.9 Å². The van der Waals surface area contributed by atoms with Gasteiger partial charge in [-0.2, -0.15) is 16.8 Å². The molecule has 0 aliphatic heterocycles. The lowest BCUT2D eigenvalue weighted by Crippen LogP contribution is -2.13. The van der Waals surface area contributed by atoms with Gasteiger partial charge in [-0.15, -0.1) is 0 Å². The largest absolute Gasteiger partial charge is 0.492 e. The number of ether oxygens (including phenoxy) is 1. The maximum Gasteiger partial charge on any atom is 0.294 e. The van der Waals surface area contributed by atoms with Crippen LogP contribution in [0.4, 0.5) is 21.6 Å². The number of carbonyl (C=O) groups is 1. The molecule has 0 saturated heterocycles. The van der Waals surface area contributed by atoms with Gasteiger partial charge in [-0.1, -0.05) is 53.1 Å². The number of hydrogen-bond acceptors (Lipinski definition) is 10. The number of anilines is 3. The zero-order valence-corrected chi connectivity index (χ0v) is 31.8. The zero-order chi connectivity index (χ0) is 39.3. The number of nitrogens with zero attached hydrogens (tertiary/aromatic N) is 3. The van der Waals surface area contributed by atoms with Crippen LogP contribution in [-0.2, 0) is 25.0 Å². The topological polar surface area (TPSA) is 188 Å². The summed E-state index contributed by atoms with van der Waals surface area (Å²) in [7, 11) is -4.20. The van der Waals surface area contributed by atoms with Crippen LogP contribution in [0.25, 0.3) is 10.9 Å². The highest BCUT2D eigenvalue weighted by atomic mass is 35.5. The quantitative estimate of drug-likeness (QED) is 0.0831. The van der Waals surface area contributed by atoms with Crippen molar-refractivity contribution in [2.75, 3.05) is 37.9 Å². The number of aromatic nitrogens is 2. The Bertz CT molecular complexity index is 2200. The van der Waals surface area contributed by atoms with E-state index in [1.165, 1.54) is 48.8 Å². The molecule has 1 heterocycles. The second-order valence-electron chi connectivity index (χ2n) is 11.5. The molecule has 0 bridgehead atoms. The van der Waals surface area contributed by atoms with Crippen LogP contribution in [-0.4, -0.2) is 74.0 Å². The lowest BCUT2D eigenvalue weighted by molar-refractivity contribution is -0.111. The van der Waals surface area contributed by atoms with E-state index in [1.54, 1.807) is 48.5 Å². The Labute approximate surface area is 313 Å². The van der Waals surface area contributed by atoms with Gasteiger partial charge in [-0.25, -0.2) is 14.4 Å². The first kappa shape index (κ1) is 42.4. The summed E-state index contributed by atoms with van der Waals surface area (Å²) in [6.45, 7) is 6.61. The fourth-order valence-corrected chi connectivity index (χ4v) is 5.37. The number of hydrogen-bond donors (Lipinski definition) is 4. The molecule has 0 unspecified atom stereocenters. The minimum atomic E-state index is -4.02. The Morgan fingerprint density at radius 2 is 1.45 bits per heavy atom. The van der Waals surface area contributed by atoms with Gasteiger partial charge in [0.1, 0.15) is 23.7 Å². The van der Waals surface area contributed by atoms with E-state index in [4.69, 9.17) is 25.4 Å². The summed E-state index contributed by atoms with van der Waals surface area (Å²) in [5, 5.41) is 6.62. The molecule has 17 heteroatoms. The first-order valence-electron chi connectivity index (χ1n) is 15.7. The van der Waals surface area contributed by atoms with Crippen LogP contribution in [0, 0.1) is 19.7 Å². The minimum Gasteiger partial charge on any atom is -0.492 e. The fourth-order valence-electron chi connectivity index (χ4n) is 4.23. The molecule has 1 amide bonds. The third kappa shape index (κ3) is 13.8. The van der Waals surface area contributed by atoms with Crippen LogP contribution in [0.5, 0.6) is 5.75 Å². The van der Waals surface area contributed by atoms with Gasteiger partial charge >= 0.3 is 0 Å². The SMILES string of the molecule is CCOc1cc2ncnc(Nc3ccc(F)c(Cl)c3)c2cc1NC(=O)/C=C/CN(C)C.Cc1ccc(S(=O)(=O)O)cc1.Cc1ccc(S(=O)(=O)O)cc1. The van der Waals surface area contributed by atoms with E-state index >= 15 is 0 Å². The predicted octanol–water partition coefficient (Wildman–Crippen LogP) is 7.10. The number of fused-ring (bicyclic) bond motifs is 1. The van der Waals surface area contributed by atoms with Crippen LogP contribution >= 0.6 is 11.6 Å². The van der Waals surface area contributed by atoms with Gasteiger partial charge in [0.25, 0.3) is 20.2 Å². The molecular weight excluding hydrogens is 749 g/mol. The second-order valence-corrected chi connectivity index (χ2v) is 14.8. The third-order valence-corrected chi connectivity index (χ3v) is 8.88. The number of amides is 1. The average Bonchev–Trinajstić information content (AvgIpc) is 3.07. The molecule has 0 aliphatic carbocycles. The van der Waals surface area contributed by atoms with Gasteiger partial charge < -0.3 is 20.3 Å². The lowest BCUT2D eigenvalue weighted by atomic mass is 10.1. The fraction of sp³-hybridized carbons (Fsp3) is 0.194. The molecule has 5 rings (SSSR count). The second kappa shape index (κ2) is 19.2. The normalized spacial score (nSPS) is 11.4. The van der Waals surface area contributed by atoms with Crippen molar-refractivity contribution >= 4 is 65.8 Å². The standard InChI is InChI=1S/C22H23ClFN5O2.2C7H8O3S/c1-4-31-20-12-18-15(11-19(20)28-21(30)6-5-9-29(2)3)22(26-13-25-18)27-14-7-8-17(24)16(23)10-14;2*1-6-2-4-7(5-3-6)11(8,9)10/h5-8,10-13H,4,9H2,1-3H3,(H,28,30)(H,25,26,27);2*2-5H,1H3,(H,8,9,10)/b6-5+;;. The molecule has 0 fully saturated rings. The van der Waals surface area contributed by atoms with E-state index in [-0.39, 0.29) is 20.7 Å². The van der Waals surface area contributed by atoms with Crippen molar-refractivity contribution in [1.29, 1.82) is 0 Å². The van der Waals surface area contributed by atoms with E-state index in [2.05, 4.69) is 20.6 Å². The molecular formula is C36H39ClFN5O8S2. The Hall–Kier alpha value is -4.97. The monoisotopic (exact) mass is 787 g/mol. The number of halogens is 2. The van der Waals surface area contributed by atoms with Crippen molar-refractivity contribution in [3.05, 3.63) is 119 Å². The number of benzene rings is 4. The molecule has 0 radical (unpaired) electrons. The number of likely N-dealkylation sites (N-methyl/N-ethyl adjacent to an activating group) is 1. The molecule has 4 aromatic carbocycles. The molecule has 1 aromatic heterocycles. The van der Waals surface area contributed by atoms with Gasteiger partial charge in [-0.05, 0) is 83.4 Å². The van der Waals surface area contributed by atoms with E-state index in [0.717, 1.165) is 11.1 Å². The summed E-state index contributed by atoms with van der Waals surface area (Å²) < 4.78 is 78.3. The Morgan fingerprint density at radius 3 is 1.94 bits per heavy atom. The first-order chi connectivity index (χ1) is 24.9. The molecule has 0 atom stereocenters. The lowest BCUT2D eigenvalue weighted by Gasteiger charge is -2.14. The number of nitrogens with one attached hydrogen (secondary N) is 2. The van der Waals surface area contributed by atoms with Gasteiger partial charge in [0.05, 0.1) is 32.6 Å². The van der Waals surface area contributed by atoms with Crippen LogP contribution in [0.1, 0.15) is 18.1 Å². The summed E-state index contributed by atoms with van der Waals surface area (Å²) >= 11 is 5.88. The minimum absolute atomic E-state index is 0.000502. The summed E-state index contributed by atoms with van der Waals surface area (Å²) in [4.78, 5) is 22.8. The maximum absolute atomic E-state index is 13.5. The third-order valence-electron chi connectivity index (χ3n) is 6.85. The molecule has 282 valence electrons. The van der Waals surface area contributed by atoms with Crippen LogP contribution in [0.2, 0.25) is 5.02 Å². The van der Waals surface area contributed by atoms with E-state index in [0.29, 0.717) is 47.0 Å². The van der Waals surface area contributed by atoms with Crippen molar-refractivity contribution in [1.82, 2.24) is 14.9 Å². The molecule has 5 aromatic rings. The van der Waals surface area contributed by atoms with Crippen LogP contribution < -0.4 is 15.4 Å². The van der Waals surface area contributed by atoms with Crippen molar-refractivity contribution in [2.24, 2.45) is 0 Å². The smallest absolute Gasteiger partial charge is 0.294 e. The summed E-state index contributed by atoms with van der Waals surface area (Å²) in [5.74, 6) is 0.195. The van der Waals surface area contributed by atoms with Crippen molar-refractivity contribution < 1.29 is 39.9 Å². The Kier molecular flexibility index (Phi) is 15.4. The highest BCUT2D eigenvalue weighted by molar-refractivity contribution is 7.86. The molecule has 53 heavy (non-hydrogen) atoms. The Morgan fingerprint density at radius 1 is 0.887 bits per heavy atom. The molecule has 4 N–H and O–H groups in total. The van der Waals surface area contributed by atoms with Crippen molar-refractivity contribution in [2.45, 2.75) is 30.6 Å². The zero-order valence-electron chi connectivity index (χ0n) is 29.4. The molecule has 0 saturated carbocycles. The van der Waals surface area contributed by atoms with Crippen LogP contribution in [0.3, 0.4) is 0 Å².